The molecule has 0 aliphatic heterocycles. The van der Waals surface area contributed by atoms with Crippen LogP contribution in [0.15, 0.2) is 48.5 Å². The molecule has 0 aliphatic rings. The number of benzene rings is 2. The van der Waals surface area contributed by atoms with Gasteiger partial charge in [0, 0.05) is 35.3 Å². The first-order valence-electron chi connectivity index (χ1n) is 12.2. The molecule has 2 rings (SSSR count). The van der Waals surface area contributed by atoms with E-state index in [4.69, 9.17) is 16.3 Å². The smallest absolute Gasteiger partial charge is 0.450 e. The Kier molecular flexibility index (Phi) is 11.0. The number of ketones is 3. The zero-order valence-corrected chi connectivity index (χ0v) is 22.9. The van der Waals surface area contributed by atoms with Crippen LogP contribution in [0.4, 0.5) is 22.0 Å². The molecule has 0 saturated carbocycles. The highest BCUT2D eigenvalue weighted by Gasteiger charge is 2.46. The molecule has 2 aromatic rings. The van der Waals surface area contributed by atoms with Crippen molar-refractivity contribution in [3.8, 4) is 5.75 Å². The molecule has 218 valence electrons. The van der Waals surface area contributed by atoms with Crippen molar-refractivity contribution in [1.29, 1.82) is 0 Å². The number of ether oxygens (including phenoxy) is 1. The fourth-order valence-electron chi connectivity index (χ4n) is 3.93. The van der Waals surface area contributed by atoms with E-state index < -0.39 is 77.6 Å². The van der Waals surface area contributed by atoms with Crippen molar-refractivity contribution >= 4 is 34.9 Å². The van der Waals surface area contributed by atoms with Crippen LogP contribution in [0.2, 0.25) is 5.02 Å². The maximum Gasteiger partial charge on any atom is 0.450 e. The Bertz CT molecular complexity index is 1210. The quantitative estimate of drug-likeness (QED) is 0.279. The van der Waals surface area contributed by atoms with Crippen molar-refractivity contribution in [2.24, 2.45) is 17.8 Å². The number of nitrogens with one attached hydrogen (secondary N) is 1. The van der Waals surface area contributed by atoms with E-state index in [2.05, 4.69) is 5.32 Å². The van der Waals surface area contributed by atoms with Gasteiger partial charge >= 0.3 is 12.1 Å². The third-order valence-electron chi connectivity index (χ3n) is 6.40. The number of hydrogen-bond donors (Lipinski definition) is 1. The third-order valence-corrected chi connectivity index (χ3v) is 6.65. The van der Waals surface area contributed by atoms with Gasteiger partial charge in [-0.3, -0.25) is 19.2 Å². The summed E-state index contributed by atoms with van der Waals surface area (Å²) >= 11 is 5.71. The average molecular weight is 590 g/mol. The van der Waals surface area contributed by atoms with Gasteiger partial charge in [-0.25, -0.2) is 0 Å². The monoisotopic (exact) mass is 589 g/mol. The summed E-state index contributed by atoms with van der Waals surface area (Å²) in [4.78, 5) is 50.6. The van der Waals surface area contributed by atoms with Gasteiger partial charge in [-0.2, -0.15) is 22.0 Å². The fourth-order valence-corrected chi connectivity index (χ4v) is 4.05. The van der Waals surface area contributed by atoms with Crippen LogP contribution in [0.1, 0.15) is 50.8 Å². The summed E-state index contributed by atoms with van der Waals surface area (Å²) < 4.78 is 73.9. The van der Waals surface area contributed by atoms with E-state index in [1.54, 1.807) is 0 Å². The number of rotatable bonds is 13. The Hall–Kier alpha value is -3.34. The summed E-state index contributed by atoms with van der Waals surface area (Å²) in [7, 11) is 1.38. The van der Waals surface area contributed by atoms with Crippen LogP contribution >= 0.6 is 11.6 Å². The van der Waals surface area contributed by atoms with E-state index in [9.17, 15) is 41.1 Å². The first-order chi connectivity index (χ1) is 18.5. The highest BCUT2D eigenvalue weighted by molar-refractivity contribution is 6.30. The molecule has 40 heavy (non-hydrogen) atoms. The number of halogens is 6. The summed E-state index contributed by atoms with van der Waals surface area (Å²) in [5, 5.41) is 2.55. The van der Waals surface area contributed by atoms with Gasteiger partial charge in [-0.15, -0.1) is 0 Å². The van der Waals surface area contributed by atoms with Gasteiger partial charge in [0.1, 0.15) is 11.8 Å². The van der Waals surface area contributed by atoms with Crippen molar-refractivity contribution in [2.75, 3.05) is 7.11 Å². The molecule has 1 amide bonds. The Morgan fingerprint density at radius 2 is 1.43 bits per heavy atom. The second-order valence-electron chi connectivity index (χ2n) is 9.71. The molecular formula is C28H29ClF5NO5. The molecule has 3 atom stereocenters. The summed E-state index contributed by atoms with van der Waals surface area (Å²) in [6.45, 7) is 3.92. The Balaban J connectivity index is 2.28. The summed E-state index contributed by atoms with van der Waals surface area (Å²) in [6.07, 6.45) is -6.90. The number of carbonyl (C=O) groups is 4. The van der Waals surface area contributed by atoms with Crippen molar-refractivity contribution in [2.45, 2.75) is 51.8 Å². The van der Waals surface area contributed by atoms with Crippen molar-refractivity contribution in [1.82, 2.24) is 5.32 Å². The molecule has 2 aromatic carbocycles. The van der Waals surface area contributed by atoms with Crippen LogP contribution in [0.3, 0.4) is 0 Å². The second-order valence-corrected chi connectivity index (χ2v) is 10.1. The third kappa shape index (κ3) is 8.33. The topological polar surface area (TPSA) is 89.5 Å². The molecule has 0 unspecified atom stereocenters. The molecule has 1 N–H and O–H groups in total. The zero-order valence-electron chi connectivity index (χ0n) is 22.2. The van der Waals surface area contributed by atoms with Crippen molar-refractivity contribution < 1.29 is 45.9 Å². The lowest BCUT2D eigenvalue weighted by Gasteiger charge is -2.25. The van der Waals surface area contributed by atoms with Gasteiger partial charge < -0.3 is 10.1 Å². The molecule has 12 heteroatoms. The number of carbonyl (C=O) groups excluding carboxylic acids is 4. The normalized spacial score (nSPS) is 14.3. The van der Waals surface area contributed by atoms with Crippen LogP contribution in [0.25, 0.3) is 0 Å². The van der Waals surface area contributed by atoms with Crippen LogP contribution in [0.5, 0.6) is 5.75 Å². The molecule has 0 heterocycles. The first-order valence-corrected chi connectivity index (χ1v) is 12.6. The number of hydrogen-bond acceptors (Lipinski definition) is 5. The number of Topliss-reactive ketones (excluding diaryl/α,β-unsaturated/α-hetero) is 3. The summed E-state index contributed by atoms with van der Waals surface area (Å²) in [5.74, 6) is -12.9. The number of methoxy groups -OCH3 is 1. The first kappa shape index (κ1) is 32.9. The minimum atomic E-state index is -5.17. The molecule has 0 aromatic heterocycles. The molecule has 0 spiro atoms. The predicted molar refractivity (Wildman–Crippen MR) is 137 cm³/mol. The van der Waals surface area contributed by atoms with Gasteiger partial charge in [-0.1, -0.05) is 56.6 Å². The highest BCUT2D eigenvalue weighted by Crippen LogP contribution is 2.33. The molecule has 0 fully saturated rings. The predicted octanol–water partition coefficient (Wildman–Crippen LogP) is 6.26. The average Bonchev–Trinajstić information content (AvgIpc) is 2.89. The maximum absolute atomic E-state index is 14.7. The van der Waals surface area contributed by atoms with Crippen LogP contribution in [0, 0.1) is 17.8 Å². The fraction of sp³-hybridized carbons (Fsp3) is 0.429. The van der Waals surface area contributed by atoms with Crippen LogP contribution in [-0.4, -0.2) is 36.5 Å². The van der Waals surface area contributed by atoms with Gasteiger partial charge in [0.25, 0.3) is 0 Å². The Labute approximate surface area is 233 Å². The van der Waals surface area contributed by atoms with Crippen LogP contribution in [-0.2, 0) is 25.1 Å². The molecular weight excluding hydrogens is 561 g/mol. The molecule has 0 saturated heterocycles. The van der Waals surface area contributed by atoms with E-state index in [0.717, 1.165) is 12.1 Å². The van der Waals surface area contributed by atoms with E-state index in [0.29, 0.717) is 5.75 Å². The zero-order chi connectivity index (χ0) is 30.4. The van der Waals surface area contributed by atoms with Crippen molar-refractivity contribution in [3.05, 3.63) is 64.7 Å². The Morgan fingerprint density at radius 3 is 1.90 bits per heavy atom. The standard InChI is InChI=1S/C28H29ClF5NO5/c1-15(2)21(25(38)28(32,33)34)14-22(36)24(17-5-11-20(40-4)12-6-17)35-26(39)16(3)13-23(37)27(30,31)18-7-9-19(29)10-8-18/h5-12,15-16,21,24H,13-14H2,1-4H3,(H,35,39)/t16-,21+,24+/m1/s1. The summed E-state index contributed by atoms with van der Waals surface area (Å²) in [6, 6.07) is 8.50. The molecule has 0 radical (unpaired) electrons. The molecule has 0 bridgehead atoms. The van der Waals surface area contributed by atoms with Gasteiger partial charge in [0.15, 0.2) is 5.78 Å². The minimum absolute atomic E-state index is 0.158. The van der Waals surface area contributed by atoms with Crippen LogP contribution < -0.4 is 10.1 Å². The lowest BCUT2D eigenvalue weighted by Crippen LogP contribution is -2.41. The lowest BCUT2D eigenvalue weighted by atomic mass is 9.84. The van der Waals surface area contributed by atoms with Crippen molar-refractivity contribution in [3.63, 3.8) is 0 Å². The lowest BCUT2D eigenvalue weighted by molar-refractivity contribution is -0.177. The van der Waals surface area contributed by atoms with E-state index in [-0.39, 0.29) is 10.6 Å². The molecule has 0 aliphatic carbocycles. The van der Waals surface area contributed by atoms with E-state index in [1.165, 1.54) is 64.3 Å². The highest BCUT2D eigenvalue weighted by atomic mass is 35.5. The minimum Gasteiger partial charge on any atom is -0.497 e. The molecule has 6 nitrogen and oxygen atoms in total. The SMILES string of the molecule is COc1ccc([C@H](NC(=O)[C@H](C)CC(=O)C(F)(F)c2ccc(Cl)cc2)C(=O)C[C@H](C(=O)C(F)(F)F)C(C)C)cc1. The maximum atomic E-state index is 14.7. The van der Waals surface area contributed by atoms with Gasteiger partial charge in [0.2, 0.25) is 17.5 Å². The largest absolute Gasteiger partial charge is 0.497 e. The Morgan fingerprint density at radius 1 is 0.875 bits per heavy atom. The second kappa shape index (κ2) is 13.3. The van der Waals surface area contributed by atoms with Gasteiger partial charge in [0.05, 0.1) is 7.11 Å². The number of amides is 1. The van der Waals surface area contributed by atoms with E-state index in [1.807, 2.05) is 0 Å². The summed E-state index contributed by atoms with van der Waals surface area (Å²) in [5.41, 5.74) is -0.457. The van der Waals surface area contributed by atoms with E-state index >= 15 is 0 Å². The number of alkyl halides is 5. The van der Waals surface area contributed by atoms with Gasteiger partial charge in [-0.05, 0) is 35.7 Å².